The monoisotopic (exact) mass is 325 g/mol. The second-order valence-corrected chi connectivity index (χ2v) is 5.83. The number of hydrogen-bond donors (Lipinski definition) is 1. The lowest BCUT2D eigenvalue weighted by Crippen LogP contribution is -2.42. The summed E-state index contributed by atoms with van der Waals surface area (Å²) in [5.74, 6) is -1.22. The number of aryl methyl sites for hydroxylation is 1. The van der Waals surface area contributed by atoms with Gasteiger partial charge in [-0.1, -0.05) is 22.0 Å². The average molecular weight is 326 g/mol. The lowest BCUT2D eigenvalue weighted by molar-refractivity contribution is -0.147. The van der Waals surface area contributed by atoms with Crippen molar-refractivity contribution in [1.82, 2.24) is 4.90 Å². The van der Waals surface area contributed by atoms with E-state index in [4.69, 9.17) is 5.11 Å². The second kappa shape index (κ2) is 5.74. The largest absolute Gasteiger partial charge is 0.481 e. The predicted octanol–water partition coefficient (Wildman–Crippen LogP) is 2.58. The van der Waals surface area contributed by atoms with Crippen LogP contribution < -0.4 is 0 Å². The maximum absolute atomic E-state index is 11.9. The zero-order valence-corrected chi connectivity index (χ0v) is 12.3. The summed E-state index contributed by atoms with van der Waals surface area (Å²) in [4.78, 5) is 24.6. The highest BCUT2D eigenvalue weighted by atomic mass is 79.9. The third-order valence-electron chi connectivity index (χ3n) is 3.52. The molecule has 102 valence electrons. The van der Waals surface area contributed by atoms with Gasteiger partial charge < -0.3 is 10.0 Å². The average Bonchev–Trinajstić information content (AvgIpc) is 2.36. The van der Waals surface area contributed by atoms with Gasteiger partial charge in [-0.15, -0.1) is 0 Å². The summed E-state index contributed by atoms with van der Waals surface area (Å²) in [6.07, 6.45) is 0.770. The Bertz CT molecular complexity index is 515. The Morgan fingerprint density at radius 3 is 2.95 bits per heavy atom. The molecule has 1 aromatic carbocycles. The van der Waals surface area contributed by atoms with Crippen LogP contribution in [0.25, 0.3) is 0 Å². The summed E-state index contributed by atoms with van der Waals surface area (Å²) in [5, 5.41) is 9.06. The van der Waals surface area contributed by atoms with E-state index in [-0.39, 0.29) is 5.91 Å². The Labute approximate surface area is 120 Å². The molecule has 0 bridgehead atoms. The molecule has 5 heteroatoms. The molecule has 19 heavy (non-hydrogen) atoms. The fourth-order valence-corrected chi connectivity index (χ4v) is 2.69. The Hall–Kier alpha value is -1.36. The van der Waals surface area contributed by atoms with E-state index in [0.717, 1.165) is 15.6 Å². The molecule has 1 heterocycles. The van der Waals surface area contributed by atoms with Gasteiger partial charge in [-0.3, -0.25) is 9.59 Å². The minimum atomic E-state index is -0.816. The van der Waals surface area contributed by atoms with Crippen LogP contribution in [0.5, 0.6) is 0 Å². The number of carboxylic acids is 1. The van der Waals surface area contributed by atoms with E-state index in [2.05, 4.69) is 15.9 Å². The van der Waals surface area contributed by atoms with Crippen molar-refractivity contribution < 1.29 is 14.7 Å². The van der Waals surface area contributed by atoms with E-state index in [1.165, 1.54) is 0 Å². The first-order valence-electron chi connectivity index (χ1n) is 6.23. The first-order chi connectivity index (χ1) is 8.97. The molecule has 0 aliphatic carbocycles. The van der Waals surface area contributed by atoms with Crippen LogP contribution in [0.15, 0.2) is 22.7 Å². The number of piperidine rings is 1. The minimum Gasteiger partial charge on any atom is -0.481 e. The fraction of sp³-hybridized carbons (Fsp3) is 0.429. The highest BCUT2D eigenvalue weighted by Crippen LogP contribution is 2.23. The zero-order chi connectivity index (χ0) is 14.0. The topological polar surface area (TPSA) is 57.6 Å². The Morgan fingerprint density at radius 2 is 2.26 bits per heavy atom. The number of halogens is 1. The number of nitrogens with zero attached hydrogens (tertiary/aromatic N) is 1. The van der Waals surface area contributed by atoms with Crippen LogP contribution >= 0.6 is 15.9 Å². The molecular weight excluding hydrogens is 310 g/mol. The van der Waals surface area contributed by atoms with Gasteiger partial charge in [0.05, 0.1) is 5.92 Å². The van der Waals surface area contributed by atoms with E-state index in [1.807, 2.05) is 25.1 Å². The SMILES string of the molecule is Cc1ccc(Br)cc1CN1CC(C(=O)O)CCC1=O. The van der Waals surface area contributed by atoms with E-state index in [1.54, 1.807) is 4.90 Å². The molecule has 1 aromatic rings. The standard InChI is InChI=1S/C14H16BrNO3/c1-9-2-4-12(15)6-11(9)8-16-7-10(14(18)19)3-5-13(16)17/h2,4,6,10H,3,5,7-8H2,1H3,(H,18,19). The summed E-state index contributed by atoms with van der Waals surface area (Å²) in [5.41, 5.74) is 2.15. The molecule has 0 radical (unpaired) electrons. The van der Waals surface area contributed by atoms with Crippen LogP contribution in [0, 0.1) is 12.8 Å². The van der Waals surface area contributed by atoms with Gasteiger partial charge in [0.1, 0.15) is 0 Å². The van der Waals surface area contributed by atoms with E-state index < -0.39 is 11.9 Å². The number of carboxylic acid groups (broad SMARTS) is 1. The molecular formula is C14H16BrNO3. The molecule has 1 fully saturated rings. The lowest BCUT2D eigenvalue weighted by atomic mass is 9.97. The number of hydrogen-bond acceptors (Lipinski definition) is 2. The maximum Gasteiger partial charge on any atom is 0.308 e. The smallest absolute Gasteiger partial charge is 0.308 e. The van der Waals surface area contributed by atoms with E-state index >= 15 is 0 Å². The molecule has 1 unspecified atom stereocenters. The van der Waals surface area contributed by atoms with Crippen molar-refractivity contribution in [3.8, 4) is 0 Å². The van der Waals surface area contributed by atoms with Crippen LogP contribution in [0.3, 0.4) is 0 Å². The van der Waals surface area contributed by atoms with Crippen LogP contribution in [-0.2, 0) is 16.1 Å². The maximum atomic E-state index is 11.9. The van der Waals surface area contributed by atoms with Crippen LogP contribution in [0.4, 0.5) is 0 Å². The fourth-order valence-electron chi connectivity index (χ4n) is 2.29. The number of rotatable bonds is 3. The van der Waals surface area contributed by atoms with Crippen LogP contribution in [0.2, 0.25) is 0 Å². The molecule has 0 spiro atoms. The van der Waals surface area contributed by atoms with Crippen molar-refractivity contribution in [3.05, 3.63) is 33.8 Å². The summed E-state index contributed by atoms with van der Waals surface area (Å²) >= 11 is 3.41. The second-order valence-electron chi connectivity index (χ2n) is 4.92. The Balaban J connectivity index is 2.14. The molecule has 0 aromatic heterocycles. The molecule has 1 aliphatic heterocycles. The van der Waals surface area contributed by atoms with Gasteiger partial charge in [0.15, 0.2) is 0 Å². The van der Waals surface area contributed by atoms with Crippen molar-refractivity contribution in [1.29, 1.82) is 0 Å². The van der Waals surface area contributed by atoms with Gasteiger partial charge in [0, 0.05) is 24.0 Å². The van der Waals surface area contributed by atoms with Crippen molar-refractivity contribution in [2.24, 2.45) is 5.92 Å². The summed E-state index contributed by atoms with van der Waals surface area (Å²) in [7, 11) is 0. The molecule has 2 rings (SSSR count). The van der Waals surface area contributed by atoms with Crippen molar-refractivity contribution in [2.45, 2.75) is 26.3 Å². The molecule has 1 aliphatic rings. The number of benzene rings is 1. The number of amides is 1. The number of carbonyl (C=O) groups is 2. The van der Waals surface area contributed by atoms with Gasteiger partial charge >= 0.3 is 5.97 Å². The summed E-state index contributed by atoms with van der Waals surface area (Å²) < 4.78 is 0.965. The predicted molar refractivity (Wildman–Crippen MR) is 74.7 cm³/mol. The van der Waals surface area contributed by atoms with E-state index in [9.17, 15) is 9.59 Å². The number of likely N-dealkylation sites (tertiary alicyclic amines) is 1. The highest BCUT2D eigenvalue weighted by molar-refractivity contribution is 9.10. The Kier molecular flexibility index (Phi) is 4.24. The molecule has 1 amide bonds. The zero-order valence-electron chi connectivity index (χ0n) is 10.7. The quantitative estimate of drug-likeness (QED) is 0.929. The van der Waals surface area contributed by atoms with Crippen LogP contribution in [0.1, 0.15) is 24.0 Å². The van der Waals surface area contributed by atoms with Gasteiger partial charge in [-0.2, -0.15) is 0 Å². The third kappa shape index (κ3) is 3.35. The van der Waals surface area contributed by atoms with Gasteiger partial charge in [0.2, 0.25) is 5.91 Å². The van der Waals surface area contributed by atoms with E-state index in [0.29, 0.717) is 25.9 Å². The van der Waals surface area contributed by atoms with Crippen LogP contribution in [-0.4, -0.2) is 28.4 Å². The van der Waals surface area contributed by atoms with Gasteiger partial charge in [0.25, 0.3) is 0 Å². The summed E-state index contributed by atoms with van der Waals surface area (Å²) in [6, 6.07) is 5.92. The number of aliphatic carboxylic acids is 1. The summed E-state index contributed by atoms with van der Waals surface area (Å²) in [6.45, 7) is 2.78. The Morgan fingerprint density at radius 1 is 1.53 bits per heavy atom. The lowest BCUT2D eigenvalue weighted by Gasteiger charge is -2.31. The normalized spacial score (nSPS) is 19.6. The first kappa shape index (κ1) is 14.1. The molecule has 1 saturated heterocycles. The first-order valence-corrected chi connectivity index (χ1v) is 7.02. The minimum absolute atomic E-state index is 0.0388. The van der Waals surface area contributed by atoms with Gasteiger partial charge in [-0.25, -0.2) is 0 Å². The molecule has 0 saturated carbocycles. The number of carbonyl (C=O) groups excluding carboxylic acids is 1. The van der Waals surface area contributed by atoms with Gasteiger partial charge in [-0.05, 0) is 36.6 Å². The highest BCUT2D eigenvalue weighted by Gasteiger charge is 2.30. The molecule has 1 atom stereocenters. The van der Waals surface area contributed by atoms with Crippen molar-refractivity contribution in [3.63, 3.8) is 0 Å². The van der Waals surface area contributed by atoms with Crippen molar-refractivity contribution >= 4 is 27.8 Å². The third-order valence-corrected chi connectivity index (χ3v) is 4.02. The van der Waals surface area contributed by atoms with Crippen molar-refractivity contribution in [2.75, 3.05) is 6.54 Å². The molecule has 1 N–H and O–H groups in total. The molecule has 4 nitrogen and oxygen atoms in total.